The third-order valence-corrected chi connectivity index (χ3v) is 21.1. The van der Waals surface area contributed by atoms with E-state index in [4.69, 9.17) is 29.9 Å². The van der Waals surface area contributed by atoms with Crippen LogP contribution in [0, 0.1) is 0 Å². The Balaban J connectivity index is 0.000000112. The van der Waals surface area contributed by atoms with E-state index in [1.165, 1.54) is 65.5 Å². The second kappa shape index (κ2) is 30.2. The van der Waals surface area contributed by atoms with Gasteiger partial charge in [0.1, 0.15) is 0 Å². The van der Waals surface area contributed by atoms with Crippen LogP contribution in [0.25, 0.3) is 195 Å². The molecule has 0 atom stereocenters. The lowest BCUT2D eigenvalue weighted by molar-refractivity contribution is 1.07. The summed E-state index contributed by atoms with van der Waals surface area (Å²) >= 11 is 0. The van der Waals surface area contributed by atoms with Gasteiger partial charge in [-0.3, -0.25) is 4.98 Å². The molecule has 15 aromatic carbocycles. The van der Waals surface area contributed by atoms with Crippen molar-refractivity contribution in [1.82, 2.24) is 58.6 Å². The standard InChI is InChI=1S/C39H26N4.C33H22N4.C31H20N4/c1-4-12-27(13-5-1)28-20-23-32(24-21-28)43-35-19-11-10-18-33(35)34-26-31(22-25-36(34)43)39-41-37(29-14-6-2-7-15-29)40-38(42-39)30-16-8-3-9-17-30;1-3-12-23(13-4-1)31-34-32(24-14-5-2-6-15-24)36-33(35-31)25-16-11-17-26(22-25)37-29-20-9-7-18-27(29)28-19-8-10-21-30(28)37;1-2-6-21(7-3-1)31-33-19-25(20-34-31)22-11-13-30-28(17-22)27-8-4-5-9-29(27)35(30)26-12-10-24-18-32-15-14-23(24)16-26/h1-26H;1-22H;1-20H. The van der Waals surface area contributed by atoms with Crippen LogP contribution in [0.1, 0.15) is 0 Å². The van der Waals surface area contributed by atoms with Crippen LogP contribution in [0.5, 0.6) is 0 Å². The van der Waals surface area contributed by atoms with Crippen LogP contribution in [0.15, 0.2) is 413 Å². The molecule has 12 heteroatoms. The molecule has 0 aliphatic carbocycles. The summed E-state index contributed by atoms with van der Waals surface area (Å²) in [6.45, 7) is 0. The molecule has 0 fully saturated rings. The predicted octanol–water partition coefficient (Wildman–Crippen LogP) is 25.1. The minimum absolute atomic E-state index is 0.648. The van der Waals surface area contributed by atoms with E-state index in [9.17, 15) is 0 Å². The highest BCUT2D eigenvalue weighted by Crippen LogP contribution is 2.40. The highest BCUT2D eigenvalue weighted by Gasteiger charge is 2.21. The number of rotatable bonds is 12. The van der Waals surface area contributed by atoms with Crippen molar-refractivity contribution in [2.45, 2.75) is 0 Å². The van der Waals surface area contributed by atoms with E-state index in [0.717, 1.165) is 94.8 Å². The fourth-order valence-corrected chi connectivity index (χ4v) is 15.5. The zero-order valence-electron chi connectivity index (χ0n) is 62.1. The highest BCUT2D eigenvalue weighted by molar-refractivity contribution is 6.12. The molecule has 0 bridgehead atoms. The third-order valence-electron chi connectivity index (χ3n) is 21.1. The Labute approximate surface area is 662 Å². The number of hydrogen-bond acceptors (Lipinski definition) is 9. The Morgan fingerprint density at radius 3 is 0.930 bits per heavy atom. The molecule has 12 nitrogen and oxygen atoms in total. The number of fused-ring (bicyclic) bond motifs is 10. The second-order valence-corrected chi connectivity index (χ2v) is 28.1. The normalized spacial score (nSPS) is 11.3. The number of aromatic nitrogens is 12. The lowest BCUT2D eigenvalue weighted by atomic mass is 10.0. The number of pyridine rings is 1. The largest absolute Gasteiger partial charge is 0.309 e. The quantitative estimate of drug-likeness (QED) is 0.117. The van der Waals surface area contributed by atoms with Crippen LogP contribution >= 0.6 is 0 Å². The monoisotopic (exact) mass is 1470 g/mol. The Hall–Kier alpha value is -15.8. The van der Waals surface area contributed by atoms with Crippen LogP contribution in [0.3, 0.4) is 0 Å². The first kappa shape index (κ1) is 68.5. The highest BCUT2D eigenvalue weighted by atomic mass is 15.1. The zero-order chi connectivity index (χ0) is 76.4. The van der Waals surface area contributed by atoms with Gasteiger partial charge in [-0.2, -0.15) is 0 Å². The Bertz CT molecular complexity index is 7130. The summed E-state index contributed by atoms with van der Waals surface area (Å²) in [5.41, 5.74) is 21.6. The summed E-state index contributed by atoms with van der Waals surface area (Å²) in [6.07, 6.45) is 7.57. The number of benzene rings is 15. The van der Waals surface area contributed by atoms with Gasteiger partial charge < -0.3 is 13.7 Å². The molecule has 0 unspecified atom stereocenters. The van der Waals surface area contributed by atoms with Crippen molar-refractivity contribution in [3.63, 3.8) is 0 Å². The van der Waals surface area contributed by atoms with Crippen molar-refractivity contribution in [3.05, 3.63) is 413 Å². The maximum atomic E-state index is 4.96. The van der Waals surface area contributed by atoms with Gasteiger partial charge in [-0.1, -0.05) is 291 Å². The van der Waals surface area contributed by atoms with Crippen LogP contribution in [-0.4, -0.2) is 58.6 Å². The Morgan fingerprint density at radius 1 is 0.165 bits per heavy atom. The minimum atomic E-state index is 0.648. The molecule has 0 N–H and O–H groups in total. The van der Waals surface area contributed by atoms with E-state index in [-0.39, 0.29) is 0 Å². The van der Waals surface area contributed by atoms with Gasteiger partial charge in [0.05, 0.1) is 33.1 Å². The van der Waals surface area contributed by atoms with Crippen LogP contribution in [0.4, 0.5) is 0 Å². The smallest absolute Gasteiger partial charge is 0.164 e. The van der Waals surface area contributed by atoms with Gasteiger partial charge in [0.2, 0.25) is 0 Å². The summed E-state index contributed by atoms with van der Waals surface area (Å²) in [5, 5.41) is 9.56. The number of nitrogens with zero attached hydrogens (tertiary/aromatic N) is 12. The maximum absolute atomic E-state index is 4.96. The third kappa shape index (κ3) is 13.4. The summed E-state index contributed by atoms with van der Waals surface area (Å²) in [5.74, 6) is 4.67. The van der Waals surface area contributed by atoms with Gasteiger partial charge in [-0.05, 0) is 119 Å². The molecule has 0 spiro atoms. The molecule has 540 valence electrons. The average molecular weight is 1470 g/mol. The number of para-hydroxylation sites is 4. The molecular formula is C103H68N12. The fourth-order valence-electron chi connectivity index (χ4n) is 15.5. The molecule has 0 saturated carbocycles. The molecular weight excluding hydrogens is 1410 g/mol. The van der Waals surface area contributed by atoms with E-state index >= 15 is 0 Å². The SMILES string of the molecule is c1ccc(-c2ccc(-n3c4ccccc4c4cc(-c5nc(-c6ccccc6)nc(-c6ccccc6)n5)ccc43)cc2)cc1.c1ccc(-c2nc(-c3ccccc3)nc(-c3cccc(-n4c5ccccc5c5ccccc54)c3)n2)cc1.c1ccc(-c2ncc(-c3ccc4c(c3)c3ccccc3n4-c3ccc4cnccc4c3)cn2)cc1. The van der Waals surface area contributed by atoms with Gasteiger partial charge in [0, 0.05) is 124 Å². The van der Waals surface area contributed by atoms with E-state index < -0.39 is 0 Å². The first-order valence-corrected chi connectivity index (χ1v) is 38.3. The molecule has 0 amide bonds. The van der Waals surface area contributed by atoms with Crippen LogP contribution < -0.4 is 0 Å². The molecule has 115 heavy (non-hydrogen) atoms. The Morgan fingerprint density at radius 2 is 0.478 bits per heavy atom. The summed E-state index contributed by atoms with van der Waals surface area (Å²) in [4.78, 5) is 42.9. The van der Waals surface area contributed by atoms with Crippen molar-refractivity contribution in [3.8, 4) is 119 Å². The molecule has 0 radical (unpaired) electrons. The molecule has 22 rings (SSSR count). The lowest BCUT2D eigenvalue weighted by Gasteiger charge is -2.11. The van der Waals surface area contributed by atoms with Crippen molar-refractivity contribution in [1.29, 1.82) is 0 Å². The average Bonchev–Trinajstić information content (AvgIpc) is 1.57. The summed E-state index contributed by atoms with van der Waals surface area (Å²) in [6, 6.07) is 134. The minimum Gasteiger partial charge on any atom is -0.309 e. The van der Waals surface area contributed by atoms with Crippen molar-refractivity contribution in [2.24, 2.45) is 0 Å². The van der Waals surface area contributed by atoms with E-state index in [2.05, 4.69) is 259 Å². The molecule has 0 saturated heterocycles. The van der Waals surface area contributed by atoms with E-state index in [1.54, 1.807) is 0 Å². The first-order chi connectivity index (χ1) is 57.0. The van der Waals surface area contributed by atoms with E-state index in [1.807, 2.05) is 183 Å². The molecule has 7 aromatic heterocycles. The molecule has 0 aliphatic heterocycles. The summed E-state index contributed by atoms with van der Waals surface area (Å²) < 4.78 is 6.98. The van der Waals surface area contributed by atoms with Crippen molar-refractivity contribution in [2.75, 3.05) is 0 Å². The lowest BCUT2D eigenvalue weighted by Crippen LogP contribution is -2.01. The van der Waals surface area contributed by atoms with Gasteiger partial charge in [-0.25, -0.2) is 39.9 Å². The molecule has 7 heterocycles. The van der Waals surface area contributed by atoms with Crippen molar-refractivity contribution >= 4 is 76.2 Å². The predicted molar refractivity (Wildman–Crippen MR) is 469 cm³/mol. The van der Waals surface area contributed by atoms with Crippen molar-refractivity contribution < 1.29 is 0 Å². The maximum Gasteiger partial charge on any atom is 0.164 e. The molecule has 0 aliphatic rings. The van der Waals surface area contributed by atoms with Gasteiger partial charge in [0.15, 0.2) is 40.8 Å². The zero-order valence-corrected chi connectivity index (χ0v) is 62.1. The van der Waals surface area contributed by atoms with Crippen LogP contribution in [-0.2, 0) is 0 Å². The van der Waals surface area contributed by atoms with Gasteiger partial charge in [0.25, 0.3) is 0 Å². The second-order valence-electron chi connectivity index (χ2n) is 28.1. The van der Waals surface area contributed by atoms with Gasteiger partial charge in [-0.15, -0.1) is 0 Å². The summed E-state index contributed by atoms with van der Waals surface area (Å²) in [7, 11) is 0. The van der Waals surface area contributed by atoms with Gasteiger partial charge >= 0.3 is 0 Å². The molecule has 22 aromatic rings. The first-order valence-electron chi connectivity index (χ1n) is 38.3. The Kier molecular flexibility index (Phi) is 18.0. The fraction of sp³-hybridized carbons (Fsp3) is 0. The van der Waals surface area contributed by atoms with E-state index in [0.29, 0.717) is 34.9 Å². The van der Waals surface area contributed by atoms with Crippen LogP contribution in [0.2, 0.25) is 0 Å². The number of hydrogen-bond donors (Lipinski definition) is 0. The topological polar surface area (TPSA) is 131 Å².